The van der Waals surface area contributed by atoms with Gasteiger partial charge < -0.3 is 15.2 Å². The number of aromatic nitrogens is 5. The van der Waals surface area contributed by atoms with Gasteiger partial charge in [0.15, 0.2) is 11.5 Å². The topological polar surface area (TPSA) is 122 Å². The minimum atomic E-state index is -0.279. The van der Waals surface area contributed by atoms with Crippen LogP contribution in [-0.2, 0) is 5.41 Å². The number of rotatable bonds is 9. The van der Waals surface area contributed by atoms with Gasteiger partial charge in [0.25, 0.3) is 0 Å². The lowest BCUT2D eigenvalue weighted by Crippen LogP contribution is -2.36. The second-order valence-electron chi connectivity index (χ2n) is 14.3. The van der Waals surface area contributed by atoms with Crippen molar-refractivity contribution in [3.63, 3.8) is 0 Å². The van der Waals surface area contributed by atoms with Crippen LogP contribution in [0.2, 0.25) is 0 Å². The highest BCUT2D eigenvalue weighted by molar-refractivity contribution is 5.89. The zero-order valence-electron chi connectivity index (χ0n) is 28.8. The quantitative estimate of drug-likeness (QED) is 0.158. The number of likely N-dealkylation sites (tertiary alicyclic amines) is 1. The Hall–Kier alpha value is -4.74. The Bertz CT molecular complexity index is 1930. The number of nitrogens with one attached hydrogen (secondary N) is 2. The Morgan fingerprint density at radius 3 is 2.57 bits per heavy atom. The predicted molar refractivity (Wildman–Crippen MR) is 189 cm³/mol. The van der Waals surface area contributed by atoms with Crippen molar-refractivity contribution in [2.45, 2.75) is 83.4 Å². The molecular weight excluding hydrogens is 616 g/mol. The fourth-order valence-electron chi connectivity index (χ4n) is 7.06. The normalized spacial score (nSPS) is 19.6. The number of nitrogens with zero attached hydrogens (tertiary/aromatic N) is 6. The molecule has 3 atom stereocenters. The molecule has 3 aromatic heterocycles. The molecule has 1 aliphatic heterocycles. The molecule has 49 heavy (non-hydrogen) atoms. The molecule has 4 heterocycles. The van der Waals surface area contributed by atoms with Gasteiger partial charge in [-0.3, -0.25) is 14.6 Å². The van der Waals surface area contributed by atoms with Crippen molar-refractivity contribution in [2.75, 3.05) is 25.0 Å². The van der Waals surface area contributed by atoms with Crippen LogP contribution in [0.1, 0.15) is 99.3 Å². The average Bonchev–Trinajstić information content (AvgIpc) is 3.83. The van der Waals surface area contributed by atoms with Gasteiger partial charge in [-0.05, 0) is 81.0 Å². The molecule has 0 bridgehead atoms. The number of pyridine rings is 1. The molecule has 1 aliphatic carbocycles. The summed E-state index contributed by atoms with van der Waals surface area (Å²) in [5, 5.41) is 29.6. The van der Waals surface area contributed by atoms with Gasteiger partial charge in [0.2, 0.25) is 0 Å². The third-order valence-corrected chi connectivity index (χ3v) is 9.68. The monoisotopic (exact) mass is 662 g/mol. The Labute approximate surface area is 287 Å². The minimum Gasteiger partial charge on any atom is -0.484 e. The predicted octanol–water partition coefficient (Wildman–Crippen LogP) is 6.82. The first-order valence-electron chi connectivity index (χ1n) is 17.4. The summed E-state index contributed by atoms with van der Waals surface area (Å²) in [6.07, 6.45) is 6.15. The molecule has 1 saturated heterocycles. The number of aliphatic hydroxyl groups excluding tert-OH is 1. The zero-order chi connectivity index (χ0) is 34.1. The zero-order valence-corrected chi connectivity index (χ0v) is 28.8. The van der Waals surface area contributed by atoms with Crippen LogP contribution in [-0.4, -0.2) is 60.1 Å². The van der Waals surface area contributed by atoms with Crippen LogP contribution in [0.4, 0.5) is 10.6 Å². The van der Waals surface area contributed by atoms with E-state index >= 15 is 0 Å². The summed E-state index contributed by atoms with van der Waals surface area (Å²) in [7, 11) is 0. The van der Waals surface area contributed by atoms with E-state index < -0.39 is 0 Å². The van der Waals surface area contributed by atoms with Crippen LogP contribution in [0.5, 0.6) is 5.75 Å². The van der Waals surface area contributed by atoms with E-state index in [4.69, 9.17) is 9.84 Å². The van der Waals surface area contributed by atoms with E-state index in [2.05, 4.69) is 65.6 Å². The Kier molecular flexibility index (Phi) is 9.13. The summed E-state index contributed by atoms with van der Waals surface area (Å²) in [6, 6.07) is 21.9. The minimum absolute atomic E-state index is 0.167. The molecule has 2 aromatic carbocycles. The number of anilines is 1. The van der Waals surface area contributed by atoms with Gasteiger partial charge in [0, 0.05) is 24.6 Å². The number of aliphatic hydroxyl groups is 1. The molecule has 0 saturated carbocycles. The molecule has 256 valence electrons. The summed E-state index contributed by atoms with van der Waals surface area (Å²) in [5.41, 5.74) is 5.66. The van der Waals surface area contributed by atoms with E-state index in [9.17, 15) is 9.90 Å². The molecule has 0 spiro atoms. The number of carbonyl (C=O) groups excluding carboxylic acids is 1. The van der Waals surface area contributed by atoms with Crippen molar-refractivity contribution in [3.05, 3.63) is 101 Å². The number of ether oxygens (including phenoxy) is 1. The fourth-order valence-corrected chi connectivity index (χ4v) is 7.06. The third kappa shape index (κ3) is 6.91. The molecule has 11 nitrogen and oxygen atoms in total. The number of carbonyl (C=O) groups is 1. The molecule has 1 unspecified atom stereocenters. The molecule has 2 aliphatic rings. The number of aryl methyl sites for hydroxylation is 1. The standard InChI is InChI=1S/C38H46N8O3/c1-25-12-14-26(15-13-25)46-35(23-33(43-46)38(2,3)4)40-37(48)39-30-17-18-32(29-10-6-5-9-28(29)30)49-27-16-19-34-41-42-36(45(34)24-27)31-11-7-20-44(31)21-8-22-47/h5-6,9-10,12-16,19,23-24,30-32,47H,7-8,11,17-18,20-22H2,1-4H3,(H2,39,40,48)/t30-,31?,32+/m0/s1. The van der Waals surface area contributed by atoms with Crippen molar-refractivity contribution in [3.8, 4) is 11.4 Å². The van der Waals surface area contributed by atoms with Crippen LogP contribution in [0.25, 0.3) is 11.3 Å². The summed E-state index contributed by atoms with van der Waals surface area (Å²) < 4.78 is 10.5. The van der Waals surface area contributed by atoms with Crippen molar-refractivity contribution < 1.29 is 14.6 Å². The van der Waals surface area contributed by atoms with Crippen molar-refractivity contribution >= 4 is 17.5 Å². The number of urea groups is 1. The highest BCUT2D eigenvalue weighted by atomic mass is 16.5. The molecule has 3 N–H and O–H groups in total. The highest BCUT2D eigenvalue weighted by Gasteiger charge is 2.32. The Balaban J connectivity index is 1.08. The molecule has 2 amide bonds. The molecule has 7 rings (SSSR count). The Morgan fingerprint density at radius 1 is 1.00 bits per heavy atom. The molecule has 1 fully saturated rings. The largest absolute Gasteiger partial charge is 0.484 e. The van der Waals surface area contributed by atoms with E-state index in [1.165, 1.54) is 0 Å². The second-order valence-corrected chi connectivity index (χ2v) is 14.3. The maximum atomic E-state index is 13.6. The average molecular weight is 663 g/mol. The maximum Gasteiger partial charge on any atom is 0.320 e. The van der Waals surface area contributed by atoms with Crippen LogP contribution in [0.3, 0.4) is 0 Å². The van der Waals surface area contributed by atoms with Crippen LogP contribution < -0.4 is 15.4 Å². The molecule has 5 aromatic rings. The Morgan fingerprint density at radius 2 is 1.80 bits per heavy atom. The fraction of sp³-hybridized carbons (Fsp3) is 0.421. The van der Waals surface area contributed by atoms with E-state index in [0.29, 0.717) is 5.82 Å². The molecular formula is C38H46N8O3. The number of benzene rings is 2. The van der Waals surface area contributed by atoms with Gasteiger partial charge in [-0.25, -0.2) is 9.48 Å². The molecule has 11 heteroatoms. The lowest BCUT2D eigenvalue weighted by Gasteiger charge is -2.32. The van der Waals surface area contributed by atoms with E-state index in [-0.39, 0.29) is 36.2 Å². The number of hydrogen-bond donors (Lipinski definition) is 3. The van der Waals surface area contributed by atoms with Crippen LogP contribution in [0, 0.1) is 6.92 Å². The number of fused-ring (bicyclic) bond motifs is 2. The van der Waals surface area contributed by atoms with Gasteiger partial charge >= 0.3 is 6.03 Å². The smallest absolute Gasteiger partial charge is 0.320 e. The highest BCUT2D eigenvalue weighted by Crippen LogP contribution is 2.39. The van der Waals surface area contributed by atoms with Gasteiger partial charge in [-0.2, -0.15) is 5.10 Å². The number of hydrogen-bond acceptors (Lipinski definition) is 7. The first-order chi connectivity index (χ1) is 23.7. The van der Waals surface area contributed by atoms with E-state index in [1.807, 2.05) is 65.2 Å². The third-order valence-electron chi connectivity index (χ3n) is 9.68. The lowest BCUT2D eigenvalue weighted by atomic mass is 9.85. The van der Waals surface area contributed by atoms with Gasteiger partial charge in [0.1, 0.15) is 17.7 Å². The van der Waals surface area contributed by atoms with Gasteiger partial charge in [-0.15, -0.1) is 10.2 Å². The maximum absolute atomic E-state index is 13.6. The van der Waals surface area contributed by atoms with Crippen LogP contribution >= 0.6 is 0 Å². The summed E-state index contributed by atoms with van der Waals surface area (Å²) in [6.45, 7) is 10.4. The SMILES string of the molecule is Cc1ccc(-n2nc(C(C)(C)C)cc2NC(=O)N[C@H]2CC[C@@H](Oc3ccc4nnc(C5CCCN5CCCO)n4c3)c3ccccc32)cc1. The summed E-state index contributed by atoms with van der Waals surface area (Å²) >= 11 is 0. The second kappa shape index (κ2) is 13.6. The summed E-state index contributed by atoms with van der Waals surface area (Å²) in [5.74, 6) is 2.28. The molecule has 0 radical (unpaired) electrons. The summed E-state index contributed by atoms with van der Waals surface area (Å²) in [4.78, 5) is 15.9. The van der Waals surface area contributed by atoms with Gasteiger partial charge in [0.05, 0.1) is 29.7 Å². The van der Waals surface area contributed by atoms with Crippen molar-refractivity contribution in [1.82, 2.24) is 34.6 Å². The van der Waals surface area contributed by atoms with Gasteiger partial charge in [-0.1, -0.05) is 62.7 Å². The number of amides is 2. The van der Waals surface area contributed by atoms with Crippen LogP contribution in [0.15, 0.2) is 72.9 Å². The first-order valence-corrected chi connectivity index (χ1v) is 17.4. The van der Waals surface area contributed by atoms with E-state index in [1.54, 1.807) is 4.68 Å². The van der Waals surface area contributed by atoms with E-state index in [0.717, 1.165) is 90.5 Å². The first kappa shape index (κ1) is 32.8. The van der Waals surface area contributed by atoms with Crippen molar-refractivity contribution in [2.24, 2.45) is 0 Å². The lowest BCUT2D eigenvalue weighted by molar-refractivity contribution is 0.171. The van der Waals surface area contributed by atoms with Crippen molar-refractivity contribution in [1.29, 1.82) is 0 Å².